The number of hydrogen-bond acceptors (Lipinski definition) is 15. The first-order valence-corrected chi connectivity index (χ1v) is 45.6. The summed E-state index contributed by atoms with van der Waals surface area (Å²) in [5, 5.41) is 10.7. The molecular weight excluding hydrogens is 1330 g/mol. The highest BCUT2D eigenvalue weighted by molar-refractivity contribution is 7.47. The van der Waals surface area contributed by atoms with Crippen molar-refractivity contribution in [1.82, 2.24) is 0 Å². The predicted molar refractivity (Wildman–Crippen MR) is 418 cm³/mol. The Kier molecular flexibility index (Phi) is 74.9. The van der Waals surface area contributed by atoms with Crippen molar-refractivity contribution in [2.75, 3.05) is 39.6 Å². The average Bonchev–Trinajstić information content (AvgIpc) is 0.949. The van der Waals surface area contributed by atoms with E-state index in [1.165, 1.54) is 231 Å². The maximum atomic E-state index is 13.1. The lowest BCUT2D eigenvalue weighted by molar-refractivity contribution is -0.161. The second-order valence-corrected chi connectivity index (χ2v) is 32.1. The minimum absolute atomic E-state index is 0.103. The molecule has 0 radical (unpaired) electrons. The van der Waals surface area contributed by atoms with E-state index in [-0.39, 0.29) is 25.7 Å². The Bertz CT molecular complexity index is 2020. The van der Waals surface area contributed by atoms with Gasteiger partial charge in [0.1, 0.15) is 19.3 Å². The Morgan fingerprint density at radius 2 is 0.480 bits per heavy atom. The first kappa shape index (κ1) is 99.5. The van der Waals surface area contributed by atoms with Crippen LogP contribution in [0.25, 0.3) is 0 Å². The Balaban J connectivity index is 5.28. The molecule has 0 amide bonds. The number of carbonyl (C=O) groups is 4. The number of carbonyl (C=O) groups excluding carboxylic acids is 4. The molecule has 0 saturated heterocycles. The van der Waals surface area contributed by atoms with Crippen LogP contribution in [0, 0.1) is 0 Å². The summed E-state index contributed by atoms with van der Waals surface area (Å²) >= 11 is 0. The highest BCUT2D eigenvalue weighted by Crippen LogP contribution is 2.45. The van der Waals surface area contributed by atoms with E-state index in [1.54, 1.807) is 0 Å². The van der Waals surface area contributed by atoms with Gasteiger partial charge in [-0.25, -0.2) is 9.13 Å². The molecule has 5 atom stereocenters. The Hall–Kier alpha value is -2.46. The van der Waals surface area contributed by atoms with Crippen LogP contribution >= 0.6 is 15.6 Å². The number of phosphoric ester groups is 2. The molecule has 17 nitrogen and oxygen atoms in total. The van der Waals surface area contributed by atoms with Crippen molar-refractivity contribution < 1.29 is 80.2 Å². The predicted octanol–water partition coefficient (Wildman–Crippen LogP) is 24.9. The fourth-order valence-corrected chi connectivity index (χ4v) is 14.0. The van der Waals surface area contributed by atoms with Crippen LogP contribution in [0.4, 0.5) is 0 Å². The van der Waals surface area contributed by atoms with Gasteiger partial charge in [0.2, 0.25) is 0 Å². The molecule has 0 saturated carbocycles. The lowest BCUT2D eigenvalue weighted by Crippen LogP contribution is -2.30. The maximum Gasteiger partial charge on any atom is 0.472 e. The molecule has 0 heterocycles. The largest absolute Gasteiger partial charge is 0.472 e. The molecule has 19 heteroatoms. The van der Waals surface area contributed by atoms with E-state index in [0.717, 1.165) is 116 Å². The Morgan fingerprint density at radius 1 is 0.275 bits per heavy atom. The molecule has 0 fully saturated rings. The van der Waals surface area contributed by atoms with Gasteiger partial charge in [0.05, 0.1) is 26.4 Å². The average molecular weight is 1490 g/mol. The molecule has 0 aromatic rings. The SMILES string of the molecule is CCCCC/C=C\C/C=C\CCCCCCCC(=O)OC[C@H](COP(=O)(O)OC[C@H](O)COP(=O)(O)OC[C@@H](COC(=O)CCCCCCCCCCCCCCCCCCC)OC(=O)CCCCCCCCCCCCCCC)OC(=O)CCCCCCCCCCCCCCCCCCC. The van der Waals surface area contributed by atoms with E-state index in [4.69, 9.17) is 37.0 Å². The standard InChI is InChI=1S/C83H158O17P2/c1-5-9-13-17-21-25-29-33-36-38-41-45-48-52-56-60-64-68-81(86)94-73-78(99-82(87)69-65-61-57-53-49-43-32-28-24-20-16-12-8-4)75-97-101(89,90)95-71-77(84)72-96-102(91,92)98-76-79(74-93-80(85)67-63-59-55-51-47-44-40-35-31-27-23-19-15-11-7-3)100-83(88)70-66-62-58-54-50-46-42-39-37-34-30-26-22-18-14-10-6-2/h23,27,35,40,77-79,84H,5-22,24-26,28-34,36-39,41-76H2,1-4H3,(H,89,90)(H,91,92)/b27-23-,40-35-/t77-,78-,79-/m1/s1. The quantitative estimate of drug-likeness (QED) is 0.0169. The molecule has 0 rings (SSSR count). The molecule has 3 N–H and O–H groups in total. The molecule has 0 aliphatic carbocycles. The number of esters is 4. The summed E-state index contributed by atoms with van der Waals surface area (Å²) in [7, 11) is -9.93. The number of aliphatic hydroxyl groups excluding tert-OH is 1. The van der Waals surface area contributed by atoms with Crippen LogP contribution < -0.4 is 0 Å². The summed E-state index contributed by atoms with van der Waals surface area (Å²) in [5.74, 6) is -2.13. The lowest BCUT2D eigenvalue weighted by Gasteiger charge is -2.21. The van der Waals surface area contributed by atoms with Crippen LogP contribution in [-0.2, 0) is 65.4 Å². The van der Waals surface area contributed by atoms with Crippen molar-refractivity contribution in [3.63, 3.8) is 0 Å². The van der Waals surface area contributed by atoms with Gasteiger partial charge in [-0.3, -0.25) is 37.3 Å². The van der Waals surface area contributed by atoms with Gasteiger partial charge in [0.15, 0.2) is 12.2 Å². The van der Waals surface area contributed by atoms with Crippen molar-refractivity contribution in [2.45, 2.75) is 444 Å². The molecule has 0 bridgehead atoms. The summed E-state index contributed by atoms with van der Waals surface area (Å²) in [6, 6.07) is 0. The number of allylic oxidation sites excluding steroid dienone is 4. The minimum atomic E-state index is -4.97. The van der Waals surface area contributed by atoms with Gasteiger partial charge in [-0.15, -0.1) is 0 Å². The highest BCUT2D eigenvalue weighted by Gasteiger charge is 2.30. The zero-order valence-electron chi connectivity index (χ0n) is 66.1. The van der Waals surface area contributed by atoms with E-state index < -0.39 is 97.5 Å². The second kappa shape index (κ2) is 76.7. The summed E-state index contributed by atoms with van der Waals surface area (Å²) in [6.45, 7) is 4.98. The van der Waals surface area contributed by atoms with Crippen LogP contribution in [0.1, 0.15) is 426 Å². The molecule has 2 unspecified atom stereocenters. The summed E-state index contributed by atoms with van der Waals surface area (Å²) in [5.41, 5.74) is 0. The first-order valence-electron chi connectivity index (χ1n) is 42.6. The maximum absolute atomic E-state index is 13.1. The zero-order valence-corrected chi connectivity index (χ0v) is 67.9. The normalized spacial score (nSPS) is 13.9. The van der Waals surface area contributed by atoms with Gasteiger partial charge in [0, 0.05) is 25.7 Å². The van der Waals surface area contributed by atoms with Crippen LogP contribution in [0.2, 0.25) is 0 Å². The van der Waals surface area contributed by atoms with E-state index in [9.17, 15) is 43.2 Å². The number of rotatable bonds is 82. The third-order valence-electron chi connectivity index (χ3n) is 18.9. The van der Waals surface area contributed by atoms with E-state index >= 15 is 0 Å². The molecule has 102 heavy (non-hydrogen) atoms. The molecule has 0 aliphatic rings. The summed E-state index contributed by atoms with van der Waals surface area (Å²) in [6.07, 6.45) is 72.8. The van der Waals surface area contributed by atoms with Crippen molar-refractivity contribution in [3.8, 4) is 0 Å². The van der Waals surface area contributed by atoms with Gasteiger partial charge in [0.25, 0.3) is 0 Å². The third kappa shape index (κ3) is 75.8. The Labute approximate surface area is 624 Å². The van der Waals surface area contributed by atoms with E-state index in [1.807, 2.05) is 0 Å². The lowest BCUT2D eigenvalue weighted by atomic mass is 10.0. The van der Waals surface area contributed by atoms with E-state index in [0.29, 0.717) is 25.7 Å². The van der Waals surface area contributed by atoms with Crippen molar-refractivity contribution >= 4 is 39.5 Å². The second-order valence-electron chi connectivity index (χ2n) is 29.2. The van der Waals surface area contributed by atoms with Crippen LogP contribution in [0.3, 0.4) is 0 Å². The van der Waals surface area contributed by atoms with Crippen LogP contribution in [0.15, 0.2) is 24.3 Å². The molecular formula is C83H158O17P2. The molecule has 0 spiro atoms. The van der Waals surface area contributed by atoms with Gasteiger partial charge < -0.3 is 33.8 Å². The van der Waals surface area contributed by atoms with Gasteiger partial charge in [-0.2, -0.15) is 0 Å². The van der Waals surface area contributed by atoms with Crippen LogP contribution in [0.5, 0.6) is 0 Å². The fourth-order valence-electron chi connectivity index (χ4n) is 12.4. The smallest absolute Gasteiger partial charge is 0.462 e. The summed E-state index contributed by atoms with van der Waals surface area (Å²) in [4.78, 5) is 73.1. The highest BCUT2D eigenvalue weighted by atomic mass is 31.2. The van der Waals surface area contributed by atoms with E-state index in [2.05, 4.69) is 52.0 Å². The number of hydrogen-bond donors (Lipinski definition) is 3. The molecule has 0 aliphatic heterocycles. The molecule has 602 valence electrons. The molecule has 0 aromatic heterocycles. The topological polar surface area (TPSA) is 237 Å². The monoisotopic (exact) mass is 1490 g/mol. The van der Waals surface area contributed by atoms with Crippen molar-refractivity contribution in [3.05, 3.63) is 24.3 Å². The Morgan fingerprint density at radius 3 is 0.745 bits per heavy atom. The van der Waals surface area contributed by atoms with Crippen molar-refractivity contribution in [1.29, 1.82) is 0 Å². The van der Waals surface area contributed by atoms with Gasteiger partial charge in [-0.05, 0) is 57.8 Å². The third-order valence-corrected chi connectivity index (χ3v) is 20.9. The number of unbranched alkanes of at least 4 members (excludes halogenated alkanes) is 52. The van der Waals surface area contributed by atoms with Crippen molar-refractivity contribution in [2.24, 2.45) is 0 Å². The molecule has 0 aromatic carbocycles. The number of phosphoric acid groups is 2. The minimum Gasteiger partial charge on any atom is -0.462 e. The first-order chi connectivity index (χ1) is 49.7. The summed E-state index contributed by atoms with van der Waals surface area (Å²) < 4.78 is 68.8. The van der Waals surface area contributed by atoms with Gasteiger partial charge >= 0.3 is 39.5 Å². The number of ether oxygens (including phenoxy) is 4. The zero-order chi connectivity index (χ0) is 74.6. The number of aliphatic hydroxyl groups is 1. The van der Waals surface area contributed by atoms with Gasteiger partial charge in [-0.1, -0.05) is 367 Å². The van der Waals surface area contributed by atoms with Crippen LogP contribution in [-0.4, -0.2) is 96.7 Å². The fraction of sp³-hybridized carbons (Fsp3) is 0.904.